The van der Waals surface area contributed by atoms with Gasteiger partial charge in [0.25, 0.3) is 23.4 Å². The SMILES string of the molecule is Cc1csc2c(O)cc3c(c12)[C@@H](CCl)CN3C(=O)c1cc(NC(=O)c2cc(NC(=O)c3cc([N+](=O)[O-])cn3C)cn2C)cn1C. The van der Waals surface area contributed by atoms with Gasteiger partial charge in [-0.25, -0.2) is 0 Å². The number of benzene rings is 1. The Labute approximate surface area is 265 Å². The van der Waals surface area contributed by atoms with E-state index in [1.807, 2.05) is 12.3 Å². The van der Waals surface area contributed by atoms with E-state index in [0.29, 0.717) is 35.2 Å². The Morgan fingerprint density at radius 2 is 1.56 bits per heavy atom. The zero-order valence-corrected chi connectivity index (χ0v) is 26.2. The number of hydrogen-bond acceptors (Lipinski definition) is 7. The maximum atomic E-state index is 13.9. The lowest BCUT2D eigenvalue weighted by molar-refractivity contribution is -0.384. The van der Waals surface area contributed by atoms with Gasteiger partial charge >= 0.3 is 0 Å². The first kappa shape index (κ1) is 30.0. The molecule has 1 aliphatic heterocycles. The molecule has 13 nitrogen and oxygen atoms in total. The number of nitrogens with one attached hydrogen (secondary N) is 2. The van der Waals surface area contributed by atoms with E-state index >= 15 is 0 Å². The summed E-state index contributed by atoms with van der Waals surface area (Å²) in [5.74, 6) is -1.04. The highest BCUT2D eigenvalue weighted by Crippen LogP contribution is 2.48. The molecule has 1 aromatic carbocycles. The summed E-state index contributed by atoms with van der Waals surface area (Å²) >= 11 is 7.81. The monoisotopic (exact) mass is 649 g/mol. The first-order valence-corrected chi connectivity index (χ1v) is 15.2. The van der Waals surface area contributed by atoms with Gasteiger partial charge in [-0.15, -0.1) is 22.9 Å². The molecule has 4 aromatic heterocycles. The maximum absolute atomic E-state index is 13.9. The van der Waals surface area contributed by atoms with Crippen LogP contribution in [-0.2, 0) is 21.1 Å². The summed E-state index contributed by atoms with van der Waals surface area (Å²) in [6.07, 6.45) is 4.41. The summed E-state index contributed by atoms with van der Waals surface area (Å²) in [6.45, 7) is 2.33. The van der Waals surface area contributed by atoms with Gasteiger partial charge in [-0.05, 0) is 35.6 Å². The van der Waals surface area contributed by atoms with Crippen molar-refractivity contribution in [1.29, 1.82) is 0 Å². The van der Waals surface area contributed by atoms with E-state index in [4.69, 9.17) is 11.6 Å². The van der Waals surface area contributed by atoms with Crippen molar-refractivity contribution < 1.29 is 24.4 Å². The van der Waals surface area contributed by atoms with E-state index in [0.717, 1.165) is 21.2 Å². The molecule has 5 heterocycles. The molecule has 6 rings (SSSR count). The molecule has 5 aromatic rings. The van der Waals surface area contributed by atoms with E-state index in [2.05, 4.69) is 10.6 Å². The number of anilines is 3. The standard InChI is InChI=1S/C30H28ClN7O6S/c1-15-14-45-27-24(39)8-20-26(25(15)27)16(9-31)10-37(20)30(42)23-6-18(12-35(23)3)33-28(40)21-5-17(11-34(21)2)32-29(41)22-7-19(38(43)44)13-36(22)4/h5-8,11-14,16,39H,9-10H2,1-4H3,(H,32,41)(H,33,40)/t16-/m0/s1. The Balaban J connectivity index is 1.21. The molecule has 15 heteroatoms. The third kappa shape index (κ3) is 5.11. The maximum Gasteiger partial charge on any atom is 0.287 e. The summed E-state index contributed by atoms with van der Waals surface area (Å²) < 4.78 is 5.27. The van der Waals surface area contributed by atoms with Gasteiger partial charge in [-0.3, -0.25) is 24.5 Å². The van der Waals surface area contributed by atoms with Gasteiger partial charge in [-0.2, -0.15) is 0 Å². The molecule has 0 unspecified atom stereocenters. The van der Waals surface area contributed by atoms with E-state index in [-0.39, 0.29) is 34.6 Å². The van der Waals surface area contributed by atoms with Crippen molar-refractivity contribution in [2.75, 3.05) is 28.0 Å². The van der Waals surface area contributed by atoms with Gasteiger partial charge in [0.1, 0.15) is 22.8 Å². The molecule has 3 amide bonds. The normalized spacial score (nSPS) is 14.2. The number of rotatable bonds is 7. The molecule has 0 spiro atoms. The van der Waals surface area contributed by atoms with Crippen LogP contribution in [0.25, 0.3) is 10.1 Å². The number of hydrogen-bond donors (Lipinski definition) is 3. The molecule has 1 atom stereocenters. The highest BCUT2D eigenvalue weighted by molar-refractivity contribution is 7.17. The van der Waals surface area contributed by atoms with E-state index < -0.39 is 16.7 Å². The highest BCUT2D eigenvalue weighted by Gasteiger charge is 2.36. The molecule has 0 saturated carbocycles. The second-order valence-corrected chi connectivity index (χ2v) is 12.2. The molecular weight excluding hydrogens is 622 g/mol. The lowest BCUT2D eigenvalue weighted by Gasteiger charge is -2.18. The van der Waals surface area contributed by atoms with Crippen molar-refractivity contribution in [1.82, 2.24) is 13.7 Å². The van der Waals surface area contributed by atoms with Crippen molar-refractivity contribution >= 4 is 73.5 Å². The lowest BCUT2D eigenvalue weighted by Crippen LogP contribution is -2.31. The van der Waals surface area contributed by atoms with Crippen molar-refractivity contribution in [2.45, 2.75) is 12.8 Å². The number of aryl methyl sites for hydroxylation is 4. The summed E-state index contributed by atoms with van der Waals surface area (Å²) in [5, 5.41) is 30.2. The average molecular weight is 650 g/mol. The second-order valence-electron chi connectivity index (χ2n) is 11.0. The van der Waals surface area contributed by atoms with Crippen LogP contribution in [0.15, 0.2) is 48.2 Å². The predicted molar refractivity (Wildman–Crippen MR) is 172 cm³/mol. The fourth-order valence-electron chi connectivity index (χ4n) is 5.84. The van der Waals surface area contributed by atoms with Crippen molar-refractivity contribution in [3.05, 3.63) is 86.6 Å². The zero-order chi connectivity index (χ0) is 32.3. The Kier molecular flexibility index (Phi) is 7.41. The molecular formula is C30H28ClN7O6S. The number of aromatic nitrogens is 3. The molecule has 3 N–H and O–H groups in total. The topological polar surface area (TPSA) is 157 Å². The number of nitro groups is 1. The Morgan fingerprint density at radius 1 is 0.978 bits per heavy atom. The Hall–Kier alpha value is -5.08. The fourth-order valence-corrected chi connectivity index (χ4v) is 7.07. The smallest absolute Gasteiger partial charge is 0.287 e. The quantitative estimate of drug-likeness (QED) is 0.123. The molecule has 45 heavy (non-hydrogen) atoms. The minimum atomic E-state index is -0.585. The summed E-state index contributed by atoms with van der Waals surface area (Å²) in [7, 11) is 4.86. The number of fused-ring (bicyclic) bond motifs is 3. The van der Waals surface area contributed by atoms with Gasteiger partial charge in [0.05, 0.1) is 32.9 Å². The van der Waals surface area contributed by atoms with E-state index in [1.165, 1.54) is 45.8 Å². The van der Waals surface area contributed by atoms with Crippen molar-refractivity contribution in [3.63, 3.8) is 0 Å². The van der Waals surface area contributed by atoms with Gasteiger partial charge in [0.2, 0.25) is 0 Å². The third-order valence-electron chi connectivity index (χ3n) is 7.97. The van der Waals surface area contributed by atoms with Crippen LogP contribution in [0.2, 0.25) is 0 Å². The largest absolute Gasteiger partial charge is 0.506 e. The number of nitrogens with zero attached hydrogens (tertiary/aromatic N) is 5. The molecule has 1 aliphatic rings. The Morgan fingerprint density at radius 3 is 2.16 bits per heavy atom. The number of halogens is 1. The minimum absolute atomic E-state index is 0.0844. The molecule has 0 aliphatic carbocycles. The Bertz CT molecular complexity index is 2050. The molecule has 0 bridgehead atoms. The van der Waals surface area contributed by atoms with Crippen LogP contribution in [0.5, 0.6) is 5.75 Å². The number of alkyl halides is 1. The van der Waals surface area contributed by atoms with E-state index in [1.54, 1.807) is 48.1 Å². The zero-order valence-electron chi connectivity index (χ0n) is 24.6. The first-order valence-electron chi connectivity index (χ1n) is 13.8. The fraction of sp³-hybridized carbons (Fsp3) is 0.233. The van der Waals surface area contributed by atoms with Crippen LogP contribution in [0.3, 0.4) is 0 Å². The number of amides is 3. The molecule has 0 fully saturated rings. The van der Waals surface area contributed by atoms with Gasteiger partial charge < -0.3 is 34.3 Å². The first-order chi connectivity index (χ1) is 21.4. The van der Waals surface area contributed by atoms with Crippen LogP contribution in [0, 0.1) is 17.0 Å². The van der Waals surface area contributed by atoms with Crippen LogP contribution < -0.4 is 15.5 Å². The van der Waals surface area contributed by atoms with Crippen molar-refractivity contribution in [2.24, 2.45) is 21.1 Å². The third-order valence-corrected chi connectivity index (χ3v) is 9.46. The summed E-state index contributed by atoms with van der Waals surface area (Å²) in [6, 6.07) is 5.85. The van der Waals surface area contributed by atoms with Crippen LogP contribution in [-0.4, -0.2) is 53.9 Å². The lowest BCUT2D eigenvalue weighted by atomic mass is 9.97. The van der Waals surface area contributed by atoms with Crippen LogP contribution >= 0.6 is 22.9 Å². The van der Waals surface area contributed by atoms with Crippen molar-refractivity contribution in [3.8, 4) is 5.75 Å². The second kappa shape index (κ2) is 11.1. The van der Waals surface area contributed by atoms with Crippen LogP contribution in [0.4, 0.5) is 22.7 Å². The predicted octanol–water partition coefficient (Wildman–Crippen LogP) is 5.33. The molecule has 232 valence electrons. The van der Waals surface area contributed by atoms with Gasteiger partial charge in [0.15, 0.2) is 0 Å². The average Bonchev–Trinajstić information content (AvgIpc) is 3.79. The number of phenols is 1. The number of carbonyl (C=O) groups is 3. The summed E-state index contributed by atoms with van der Waals surface area (Å²) in [4.78, 5) is 51.9. The molecule has 0 saturated heterocycles. The summed E-state index contributed by atoms with van der Waals surface area (Å²) in [5.41, 5.74) is 3.71. The van der Waals surface area contributed by atoms with Gasteiger partial charge in [0, 0.05) is 69.4 Å². The number of carbonyl (C=O) groups excluding carboxylic acids is 3. The van der Waals surface area contributed by atoms with Crippen LogP contribution in [0.1, 0.15) is 48.5 Å². The number of thiophene rings is 1. The van der Waals surface area contributed by atoms with E-state index in [9.17, 15) is 29.6 Å². The number of phenolic OH excluding ortho intramolecular Hbond substituents is 1. The number of aromatic hydroxyl groups is 1. The molecule has 0 radical (unpaired) electrons. The van der Waals surface area contributed by atoms with Gasteiger partial charge in [-0.1, -0.05) is 0 Å². The minimum Gasteiger partial charge on any atom is -0.506 e. The highest BCUT2D eigenvalue weighted by atomic mass is 35.5.